The number of aliphatic hydroxyl groups is 1. The van der Waals surface area contributed by atoms with Gasteiger partial charge in [-0.05, 0) is 43.0 Å². The Bertz CT molecular complexity index is 263. The van der Waals surface area contributed by atoms with E-state index in [1.54, 1.807) is 0 Å². The van der Waals surface area contributed by atoms with Crippen LogP contribution in [-0.2, 0) is 6.42 Å². The van der Waals surface area contributed by atoms with Crippen LogP contribution in [0.25, 0.3) is 0 Å². The lowest BCUT2D eigenvalue weighted by atomic mass is 10.0. The van der Waals surface area contributed by atoms with Gasteiger partial charge in [0.1, 0.15) is 5.82 Å². The maximum Gasteiger partial charge on any atom is 0.123 e. The van der Waals surface area contributed by atoms with Crippen molar-refractivity contribution in [3.8, 4) is 0 Å². The van der Waals surface area contributed by atoms with E-state index in [4.69, 9.17) is 0 Å². The lowest BCUT2D eigenvalue weighted by Gasteiger charge is -2.08. The van der Waals surface area contributed by atoms with E-state index in [0.29, 0.717) is 12.8 Å². The zero-order chi connectivity index (χ0) is 9.84. The first-order valence-corrected chi connectivity index (χ1v) is 4.56. The van der Waals surface area contributed by atoms with Gasteiger partial charge in [0.15, 0.2) is 0 Å². The summed E-state index contributed by atoms with van der Waals surface area (Å²) < 4.78 is 12.9. The van der Waals surface area contributed by atoms with Crippen LogP contribution < -0.4 is 0 Å². The minimum Gasteiger partial charge on any atom is -0.393 e. The largest absolute Gasteiger partial charge is 0.393 e. The lowest BCUT2D eigenvalue weighted by Crippen LogP contribution is -2.08. The van der Waals surface area contributed by atoms with Gasteiger partial charge in [0, 0.05) is 0 Å². The number of aliphatic hydroxyl groups excluding tert-OH is 1. The molecule has 0 heterocycles. The number of halogens is 1. The minimum absolute atomic E-state index is 0.224. The van der Waals surface area contributed by atoms with Crippen LogP contribution in [-0.4, -0.2) is 11.2 Å². The molecule has 1 aromatic carbocycles. The summed E-state index contributed by atoms with van der Waals surface area (Å²) in [6.45, 7) is 3.77. The molecular weight excluding hydrogens is 167 g/mol. The number of benzene rings is 1. The maximum atomic E-state index is 12.9. The van der Waals surface area contributed by atoms with E-state index in [9.17, 15) is 9.50 Å². The molecule has 0 radical (unpaired) electrons. The summed E-state index contributed by atoms with van der Waals surface area (Å²) in [5.41, 5.74) is 1.77. The average molecular weight is 182 g/mol. The van der Waals surface area contributed by atoms with Gasteiger partial charge in [0.05, 0.1) is 6.10 Å². The standard InChI is InChI=1S/C11H15FO/c1-3-11(13)7-9-4-8(2)5-10(12)6-9/h4-6,11,13H,3,7H2,1-2H3/t11-/m0/s1. The van der Waals surface area contributed by atoms with E-state index in [1.165, 1.54) is 12.1 Å². The quantitative estimate of drug-likeness (QED) is 0.761. The fourth-order valence-corrected chi connectivity index (χ4v) is 1.35. The predicted octanol–water partition coefficient (Wildman–Crippen LogP) is 2.45. The van der Waals surface area contributed by atoms with Crippen molar-refractivity contribution in [2.24, 2.45) is 0 Å². The molecule has 0 amide bonds. The lowest BCUT2D eigenvalue weighted by molar-refractivity contribution is 0.170. The fourth-order valence-electron chi connectivity index (χ4n) is 1.35. The second-order valence-electron chi connectivity index (χ2n) is 3.40. The molecule has 1 rings (SSSR count). The topological polar surface area (TPSA) is 20.2 Å². The summed E-state index contributed by atoms with van der Waals surface area (Å²) >= 11 is 0. The Kier molecular flexibility index (Phi) is 3.43. The molecule has 1 atom stereocenters. The molecule has 1 aromatic rings. The molecule has 0 spiro atoms. The highest BCUT2D eigenvalue weighted by Gasteiger charge is 2.04. The Morgan fingerprint density at radius 3 is 2.62 bits per heavy atom. The van der Waals surface area contributed by atoms with Crippen molar-refractivity contribution >= 4 is 0 Å². The normalized spacial score (nSPS) is 12.9. The molecule has 72 valence electrons. The Morgan fingerprint density at radius 2 is 2.08 bits per heavy atom. The van der Waals surface area contributed by atoms with E-state index in [0.717, 1.165) is 11.1 Å². The molecule has 0 aliphatic carbocycles. The van der Waals surface area contributed by atoms with Gasteiger partial charge in [-0.15, -0.1) is 0 Å². The minimum atomic E-state index is -0.360. The van der Waals surface area contributed by atoms with Crippen molar-refractivity contribution in [2.45, 2.75) is 32.8 Å². The van der Waals surface area contributed by atoms with Gasteiger partial charge in [-0.3, -0.25) is 0 Å². The van der Waals surface area contributed by atoms with Crippen LogP contribution in [0.5, 0.6) is 0 Å². The highest BCUT2D eigenvalue weighted by atomic mass is 19.1. The van der Waals surface area contributed by atoms with Crippen molar-refractivity contribution in [3.05, 3.63) is 35.1 Å². The van der Waals surface area contributed by atoms with Crippen LogP contribution in [0.15, 0.2) is 18.2 Å². The molecule has 0 saturated carbocycles. The monoisotopic (exact) mass is 182 g/mol. The van der Waals surface area contributed by atoms with Crippen LogP contribution in [0.4, 0.5) is 4.39 Å². The van der Waals surface area contributed by atoms with Gasteiger partial charge in [0.2, 0.25) is 0 Å². The molecule has 2 heteroatoms. The second kappa shape index (κ2) is 4.38. The zero-order valence-electron chi connectivity index (χ0n) is 8.05. The molecule has 0 saturated heterocycles. The van der Waals surface area contributed by atoms with Gasteiger partial charge < -0.3 is 5.11 Å². The molecule has 0 aliphatic rings. The van der Waals surface area contributed by atoms with Gasteiger partial charge in [-0.2, -0.15) is 0 Å². The highest BCUT2D eigenvalue weighted by Crippen LogP contribution is 2.11. The van der Waals surface area contributed by atoms with E-state index >= 15 is 0 Å². The summed E-state index contributed by atoms with van der Waals surface area (Å²) in [5, 5.41) is 9.37. The van der Waals surface area contributed by atoms with Crippen molar-refractivity contribution in [1.29, 1.82) is 0 Å². The Hall–Kier alpha value is -0.890. The molecule has 0 unspecified atom stereocenters. The second-order valence-corrected chi connectivity index (χ2v) is 3.40. The molecule has 0 aliphatic heterocycles. The fraction of sp³-hybridized carbons (Fsp3) is 0.455. The summed E-state index contributed by atoms with van der Waals surface area (Å²) in [5.74, 6) is -0.224. The Labute approximate surface area is 78.2 Å². The SMILES string of the molecule is CC[C@H](O)Cc1cc(C)cc(F)c1. The van der Waals surface area contributed by atoms with Crippen LogP contribution >= 0.6 is 0 Å². The number of hydrogen-bond acceptors (Lipinski definition) is 1. The molecule has 0 aromatic heterocycles. The van der Waals surface area contributed by atoms with Gasteiger partial charge >= 0.3 is 0 Å². The third-order valence-electron chi connectivity index (χ3n) is 2.04. The smallest absolute Gasteiger partial charge is 0.123 e. The third kappa shape index (κ3) is 3.15. The summed E-state index contributed by atoms with van der Waals surface area (Å²) in [7, 11) is 0. The summed E-state index contributed by atoms with van der Waals surface area (Å²) in [4.78, 5) is 0. The summed E-state index contributed by atoms with van der Waals surface area (Å²) in [6, 6.07) is 4.87. The third-order valence-corrected chi connectivity index (χ3v) is 2.04. The van der Waals surface area contributed by atoms with E-state index in [2.05, 4.69) is 0 Å². The van der Waals surface area contributed by atoms with Crippen LogP contribution in [0.3, 0.4) is 0 Å². The number of aryl methyl sites for hydroxylation is 1. The van der Waals surface area contributed by atoms with E-state index in [-0.39, 0.29) is 11.9 Å². The van der Waals surface area contributed by atoms with E-state index < -0.39 is 0 Å². The summed E-state index contributed by atoms with van der Waals surface area (Å²) in [6.07, 6.45) is 0.881. The first-order chi connectivity index (χ1) is 6.11. The average Bonchev–Trinajstić information content (AvgIpc) is 2.02. The molecule has 1 nitrogen and oxygen atoms in total. The molecule has 1 N–H and O–H groups in total. The van der Waals surface area contributed by atoms with Gasteiger partial charge in [0.25, 0.3) is 0 Å². The Morgan fingerprint density at radius 1 is 1.38 bits per heavy atom. The van der Waals surface area contributed by atoms with Crippen molar-refractivity contribution < 1.29 is 9.50 Å². The van der Waals surface area contributed by atoms with Crippen molar-refractivity contribution in [2.75, 3.05) is 0 Å². The number of hydrogen-bond donors (Lipinski definition) is 1. The van der Waals surface area contributed by atoms with E-state index in [1.807, 2.05) is 19.9 Å². The predicted molar refractivity (Wildman–Crippen MR) is 51.1 cm³/mol. The van der Waals surface area contributed by atoms with Crippen LogP contribution in [0.2, 0.25) is 0 Å². The van der Waals surface area contributed by atoms with Crippen molar-refractivity contribution in [1.82, 2.24) is 0 Å². The zero-order valence-corrected chi connectivity index (χ0v) is 8.05. The first-order valence-electron chi connectivity index (χ1n) is 4.56. The molecule has 0 bridgehead atoms. The van der Waals surface area contributed by atoms with Crippen molar-refractivity contribution in [3.63, 3.8) is 0 Å². The maximum absolute atomic E-state index is 12.9. The van der Waals surface area contributed by atoms with Crippen LogP contribution in [0.1, 0.15) is 24.5 Å². The molecular formula is C11H15FO. The Balaban J connectivity index is 2.77. The van der Waals surface area contributed by atoms with Gasteiger partial charge in [-0.1, -0.05) is 13.0 Å². The highest BCUT2D eigenvalue weighted by molar-refractivity contribution is 5.24. The first kappa shape index (κ1) is 10.2. The number of rotatable bonds is 3. The molecule has 0 fully saturated rings. The van der Waals surface area contributed by atoms with Gasteiger partial charge in [-0.25, -0.2) is 4.39 Å². The molecule has 13 heavy (non-hydrogen) atoms. The van der Waals surface area contributed by atoms with Crippen LogP contribution in [0, 0.1) is 12.7 Å².